The van der Waals surface area contributed by atoms with E-state index >= 15 is 0 Å². The molecule has 1 fully saturated rings. The Hall–Kier alpha value is -1.29. The van der Waals surface area contributed by atoms with Crippen LogP contribution in [0.3, 0.4) is 0 Å². The molecule has 1 saturated heterocycles. The van der Waals surface area contributed by atoms with E-state index in [1.807, 2.05) is 0 Å². The Morgan fingerprint density at radius 1 is 1.57 bits per heavy atom. The smallest absolute Gasteiger partial charge is 0.407 e. The number of carbonyl (C=O) groups is 1. The highest BCUT2D eigenvalue weighted by atomic mass is 35.5. The van der Waals surface area contributed by atoms with Crippen LogP contribution in [0, 0.1) is 5.82 Å². The highest BCUT2D eigenvalue weighted by molar-refractivity contribution is 6.31. The van der Waals surface area contributed by atoms with E-state index in [1.165, 1.54) is 18.2 Å². The van der Waals surface area contributed by atoms with Crippen molar-refractivity contribution in [3.8, 4) is 0 Å². The minimum atomic E-state index is -0.504. The Kier molecular flexibility index (Phi) is 2.29. The van der Waals surface area contributed by atoms with E-state index in [0.29, 0.717) is 17.1 Å². The first-order chi connectivity index (χ1) is 6.66. The van der Waals surface area contributed by atoms with Crippen LogP contribution in [0.1, 0.15) is 11.7 Å². The van der Waals surface area contributed by atoms with Gasteiger partial charge in [0.25, 0.3) is 0 Å². The van der Waals surface area contributed by atoms with Crippen LogP contribution in [-0.4, -0.2) is 12.6 Å². The molecule has 0 spiro atoms. The second kappa shape index (κ2) is 3.46. The predicted molar refractivity (Wildman–Crippen MR) is 48.6 cm³/mol. The van der Waals surface area contributed by atoms with E-state index in [0.717, 1.165) is 0 Å². The van der Waals surface area contributed by atoms with Crippen LogP contribution in [0.4, 0.5) is 9.18 Å². The van der Waals surface area contributed by atoms with Gasteiger partial charge in [-0.1, -0.05) is 11.6 Å². The number of hydrogen-bond acceptors (Lipinski definition) is 2. The zero-order chi connectivity index (χ0) is 10.1. The third-order valence-corrected chi connectivity index (χ3v) is 2.33. The second-order valence-corrected chi connectivity index (χ2v) is 3.35. The van der Waals surface area contributed by atoms with Gasteiger partial charge in [0, 0.05) is 10.6 Å². The summed E-state index contributed by atoms with van der Waals surface area (Å²) < 4.78 is 17.8. The number of benzene rings is 1. The molecule has 2 rings (SSSR count). The van der Waals surface area contributed by atoms with Crippen molar-refractivity contribution in [3.05, 3.63) is 34.6 Å². The summed E-state index contributed by atoms with van der Waals surface area (Å²) >= 11 is 5.84. The molecular weight excluding hydrogens is 209 g/mol. The molecule has 3 nitrogen and oxygen atoms in total. The van der Waals surface area contributed by atoms with Gasteiger partial charge in [-0.05, 0) is 18.2 Å². The van der Waals surface area contributed by atoms with Gasteiger partial charge in [0.05, 0.1) is 6.54 Å². The van der Waals surface area contributed by atoms with Gasteiger partial charge in [-0.2, -0.15) is 0 Å². The average molecular weight is 216 g/mol. The van der Waals surface area contributed by atoms with Crippen LogP contribution in [-0.2, 0) is 4.74 Å². The van der Waals surface area contributed by atoms with Crippen molar-refractivity contribution in [1.29, 1.82) is 0 Å². The number of hydrogen-bond donors (Lipinski definition) is 1. The maximum atomic E-state index is 12.9. The molecule has 1 aliphatic rings. The first kappa shape index (κ1) is 9.27. The molecule has 0 saturated carbocycles. The summed E-state index contributed by atoms with van der Waals surface area (Å²) in [6.07, 6.45) is -0.999. The largest absolute Gasteiger partial charge is 0.439 e. The lowest BCUT2D eigenvalue weighted by Gasteiger charge is -2.09. The normalized spacial score (nSPS) is 20.4. The van der Waals surface area contributed by atoms with Gasteiger partial charge < -0.3 is 10.1 Å². The number of rotatable bonds is 1. The number of halogens is 2. The van der Waals surface area contributed by atoms with Crippen LogP contribution < -0.4 is 5.32 Å². The number of nitrogens with one attached hydrogen (secondary N) is 1. The van der Waals surface area contributed by atoms with Crippen LogP contribution in [0.15, 0.2) is 18.2 Å². The summed E-state index contributed by atoms with van der Waals surface area (Å²) in [5.74, 6) is -0.396. The highest BCUT2D eigenvalue weighted by Crippen LogP contribution is 2.28. The van der Waals surface area contributed by atoms with E-state index in [1.54, 1.807) is 0 Å². The molecule has 0 bridgehead atoms. The molecule has 0 radical (unpaired) electrons. The third kappa shape index (κ3) is 1.65. The van der Waals surface area contributed by atoms with Crippen molar-refractivity contribution < 1.29 is 13.9 Å². The molecule has 14 heavy (non-hydrogen) atoms. The summed E-state index contributed by atoms with van der Waals surface area (Å²) in [6.45, 7) is 0.321. The van der Waals surface area contributed by atoms with Gasteiger partial charge >= 0.3 is 6.09 Å². The molecule has 1 aliphatic heterocycles. The van der Waals surface area contributed by atoms with Gasteiger partial charge in [0.1, 0.15) is 11.9 Å². The summed E-state index contributed by atoms with van der Waals surface area (Å²) in [5, 5.41) is 2.87. The van der Waals surface area contributed by atoms with Crippen molar-refractivity contribution >= 4 is 17.7 Å². The van der Waals surface area contributed by atoms with Crippen LogP contribution in [0.25, 0.3) is 0 Å². The van der Waals surface area contributed by atoms with Crippen LogP contribution in [0.5, 0.6) is 0 Å². The number of amides is 1. The minimum absolute atomic E-state index is 0.321. The number of cyclic esters (lactones) is 1. The fourth-order valence-electron chi connectivity index (χ4n) is 1.32. The molecule has 5 heteroatoms. The molecule has 1 N–H and O–H groups in total. The lowest BCUT2D eigenvalue weighted by molar-refractivity contribution is 0.141. The fourth-order valence-corrected chi connectivity index (χ4v) is 1.56. The van der Waals surface area contributed by atoms with E-state index < -0.39 is 18.0 Å². The number of alkyl carbamates (subject to hydrolysis) is 1. The Bertz CT molecular complexity index is 383. The first-order valence-electron chi connectivity index (χ1n) is 4.06. The van der Waals surface area contributed by atoms with E-state index in [4.69, 9.17) is 16.3 Å². The SMILES string of the molecule is O=C1NCC(c2cc(F)ccc2Cl)O1. The number of ether oxygens (including phenoxy) is 1. The zero-order valence-electron chi connectivity index (χ0n) is 7.09. The molecule has 74 valence electrons. The molecule has 1 atom stereocenters. The molecule has 1 heterocycles. The molecule has 1 unspecified atom stereocenters. The number of carbonyl (C=O) groups excluding carboxylic acids is 1. The topological polar surface area (TPSA) is 38.3 Å². The van der Waals surface area contributed by atoms with Crippen molar-refractivity contribution in [1.82, 2.24) is 5.32 Å². The predicted octanol–water partition coefficient (Wildman–Crippen LogP) is 2.26. The van der Waals surface area contributed by atoms with Gasteiger partial charge in [-0.3, -0.25) is 0 Å². The maximum Gasteiger partial charge on any atom is 0.407 e. The lowest BCUT2D eigenvalue weighted by atomic mass is 10.1. The molecule has 0 aliphatic carbocycles. The van der Waals surface area contributed by atoms with Gasteiger partial charge in [-0.25, -0.2) is 9.18 Å². The zero-order valence-corrected chi connectivity index (χ0v) is 7.84. The fraction of sp³-hybridized carbons (Fsp3) is 0.222. The van der Waals surface area contributed by atoms with E-state index in [9.17, 15) is 9.18 Å². The van der Waals surface area contributed by atoms with Crippen molar-refractivity contribution in [2.75, 3.05) is 6.54 Å². The average Bonchev–Trinajstić information content (AvgIpc) is 2.56. The Balaban J connectivity index is 2.31. The molecular formula is C9H7ClFNO2. The molecule has 0 aromatic heterocycles. The first-order valence-corrected chi connectivity index (χ1v) is 4.44. The van der Waals surface area contributed by atoms with E-state index in [2.05, 4.69) is 5.32 Å². The highest BCUT2D eigenvalue weighted by Gasteiger charge is 2.26. The summed E-state index contributed by atoms with van der Waals surface area (Å²) in [7, 11) is 0. The van der Waals surface area contributed by atoms with Gasteiger partial charge in [0.2, 0.25) is 0 Å². The minimum Gasteiger partial charge on any atom is -0.439 e. The molecule has 1 amide bonds. The van der Waals surface area contributed by atoms with Gasteiger partial charge in [0.15, 0.2) is 0 Å². The van der Waals surface area contributed by atoms with Crippen LogP contribution in [0.2, 0.25) is 5.02 Å². The summed E-state index contributed by atoms with van der Waals surface area (Å²) in [5.41, 5.74) is 0.491. The monoisotopic (exact) mass is 215 g/mol. The van der Waals surface area contributed by atoms with Crippen molar-refractivity contribution in [3.63, 3.8) is 0 Å². The van der Waals surface area contributed by atoms with Crippen molar-refractivity contribution in [2.24, 2.45) is 0 Å². The molecule has 1 aromatic carbocycles. The van der Waals surface area contributed by atoms with Gasteiger partial charge in [-0.15, -0.1) is 0 Å². The Morgan fingerprint density at radius 2 is 2.36 bits per heavy atom. The summed E-state index contributed by atoms with van der Waals surface area (Å²) in [6, 6.07) is 3.97. The standard InChI is InChI=1S/C9H7ClFNO2/c10-7-2-1-5(11)3-6(7)8-4-12-9(13)14-8/h1-3,8H,4H2,(H,12,13). The second-order valence-electron chi connectivity index (χ2n) is 2.94. The van der Waals surface area contributed by atoms with E-state index in [-0.39, 0.29) is 0 Å². The lowest BCUT2D eigenvalue weighted by Crippen LogP contribution is -2.12. The van der Waals surface area contributed by atoms with Crippen LogP contribution >= 0.6 is 11.6 Å². The molecule has 1 aromatic rings. The summed E-state index contributed by atoms with van der Waals surface area (Å²) in [4.78, 5) is 10.8. The third-order valence-electron chi connectivity index (χ3n) is 1.99. The van der Waals surface area contributed by atoms with Crippen molar-refractivity contribution in [2.45, 2.75) is 6.10 Å². The quantitative estimate of drug-likeness (QED) is 0.781. The Morgan fingerprint density at radius 3 is 3.00 bits per heavy atom. The maximum absolute atomic E-state index is 12.9. The Labute approximate surface area is 84.8 Å².